The van der Waals surface area contributed by atoms with E-state index in [9.17, 15) is 4.79 Å². The topological polar surface area (TPSA) is 85.8 Å². The molecule has 2 aromatic rings. The number of aromatic nitrogens is 3. The maximum absolute atomic E-state index is 12.7. The first-order chi connectivity index (χ1) is 10.8. The number of hydrogen-bond donors (Lipinski definition) is 2. The van der Waals surface area contributed by atoms with Gasteiger partial charge in [0.05, 0.1) is 17.1 Å². The molecule has 0 saturated heterocycles. The van der Waals surface area contributed by atoms with Gasteiger partial charge < -0.3 is 11.1 Å². The molecule has 0 aromatic carbocycles. The molecule has 1 amide bonds. The number of carbonyl (C=O) groups excluding carboxylic acids is 1. The summed E-state index contributed by atoms with van der Waals surface area (Å²) >= 11 is 0. The Morgan fingerprint density at radius 1 is 1.28 bits per heavy atom. The number of aryl methyl sites for hydroxylation is 1. The van der Waals surface area contributed by atoms with Gasteiger partial charge in [0.15, 0.2) is 5.65 Å². The first-order valence-corrected chi connectivity index (χ1v) is 8.19. The summed E-state index contributed by atoms with van der Waals surface area (Å²) in [4.78, 5) is 17.3. The van der Waals surface area contributed by atoms with Crippen molar-refractivity contribution in [2.45, 2.75) is 53.1 Å². The summed E-state index contributed by atoms with van der Waals surface area (Å²) < 4.78 is 1.84. The molecule has 6 nitrogen and oxygen atoms in total. The van der Waals surface area contributed by atoms with Crippen molar-refractivity contribution in [1.29, 1.82) is 0 Å². The van der Waals surface area contributed by atoms with Crippen LogP contribution < -0.4 is 11.1 Å². The predicted octanol–water partition coefficient (Wildman–Crippen LogP) is 3.27. The van der Waals surface area contributed by atoms with Crippen LogP contribution in [0.15, 0.2) is 12.3 Å². The van der Waals surface area contributed by atoms with Crippen LogP contribution in [0.25, 0.3) is 11.0 Å². The minimum atomic E-state index is -0.111. The normalized spacial score (nSPS) is 12.0. The van der Waals surface area contributed by atoms with Crippen molar-refractivity contribution in [3.05, 3.63) is 23.5 Å². The molecule has 0 fully saturated rings. The summed E-state index contributed by atoms with van der Waals surface area (Å²) in [5, 5.41) is 8.20. The van der Waals surface area contributed by atoms with E-state index in [1.165, 1.54) is 0 Å². The highest BCUT2D eigenvalue weighted by Gasteiger charge is 2.19. The van der Waals surface area contributed by atoms with Crippen LogP contribution in [0.5, 0.6) is 0 Å². The lowest BCUT2D eigenvalue weighted by molar-refractivity contribution is 0.0935. The van der Waals surface area contributed by atoms with Crippen LogP contribution >= 0.6 is 24.8 Å². The van der Waals surface area contributed by atoms with E-state index in [1.54, 1.807) is 6.20 Å². The lowest BCUT2D eigenvalue weighted by Gasteiger charge is -2.19. The zero-order chi connectivity index (χ0) is 17.1. The summed E-state index contributed by atoms with van der Waals surface area (Å²) in [6.07, 6.45) is 2.58. The number of halogens is 2. The fourth-order valence-corrected chi connectivity index (χ4v) is 2.76. The number of nitrogens with zero attached hydrogens (tertiary/aromatic N) is 3. The molecule has 0 aliphatic heterocycles. The average molecular weight is 390 g/mol. The Kier molecular flexibility index (Phi) is 9.40. The first kappa shape index (κ1) is 23.6. The zero-order valence-corrected chi connectivity index (χ0v) is 17.1. The van der Waals surface area contributed by atoms with E-state index in [2.05, 4.69) is 29.2 Å². The second-order valence-electron chi connectivity index (χ2n) is 6.77. The standard InChI is InChI=1S/C17H27N5O.2ClH/c1-10(2)6-13(8-18)21-17(23)14-7-12(5)20-16-15(14)9-19-22(16)11(3)4;;/h7,9-11,13H,6,8,18H2,1-5H3,(H,21,23);2*1H. The Hall–Kier alpha value is -1.37. The van der Waals surface area contributed by atoms with Crippen LogP contribution in [0, 0.1) is 12.8 Å². The number of pyridine rings is 1. The molecule has 2 rings (SSSR count). The third-order valence-corrected chi connectivity index (χ3v) is 3.80. The Morgan fingerprint density at radius 3 is 2.44 bits per heavy atom. The van der Waals surface area contributed by atoms with Crippen LogP contribution in [-0.4, -0.2) is 33.3 Å². The molecule has 0 radical (unpaired) electrons. The fraction of sp³-hybridized carbons (Fsp3) is 0.588. The van der Waals surface area contributed by atoms with Gasteiger partial charge in [-0.25, -0.2) is 9.67 Å². The van der Waals surface area contributed by atoms with Gasteiger partial charge in [-0.3, -0.25) is 4.79 Å². The molecule has 2 aromatic heterocycles. The van der Waals surface area contributed by atoms with E-state index in [0.29, 0.717) is 18.0 Å². The molecule has 1 unspecified atom stereocenters. The number of nitrogens with two attached hydrogens (primary N) is 1. The van der Waals surface area contributed by atoms with Crippen LogP contribution in [0.2, 0.25) is 0 Å². The predicted molar refractivity (Wildman–Crippen MR) is 107 cm³/mol. The average Bonchev–Trinajstić information content (AvgIpc) is 2.88. The molecular weight excluding hydrogens is 361 g/mol. The van der Waals surface area contributed by atoms with Crippen LogP contribution in [0.1, 0.15) is 56.2 Å². The molecule has 8 heteroatoms. The summed E-state index contributed by atoms with van der Waals surface area (Å²) in [6.45, 7) is 10.7. The van der Waals surface area contributed by atoms with E-state index in [1.807, 2.05) is 31.5 Å². The highest BCUT2D eigenvalue weighted by molar-refractivity contribution is 6.05. The number of carbonyl (C=O) groups is 1. The van der Waals surface area contributed by atoms with Crippen molar-refractivity contribution in [2.24, 2.45) is 11.7 Å². The maximum atomic E-state index is 12.7. The van der Waals surface area contributed by atoms with Gasteiger partial charge in [0.2, 0.25) is 0 Å². The second kappa shape index (κ2) is 9.94. The number of nitrogens with one attached hydrogen (secondary N) is 1. The molecule has 0 aliphatic carbocycles. The van der Waals surface area contributed by atoms with Gasteiger partial charge in [0, 0.05) is 24.3 Å². The zero-order valence-electron chi connectivity index (χ0n) is 15.4. The molecule has 3 N–H and O–H groups in total. The van der Waals surface area contributed by atoms with Crippen molar-refractivity contribution >= 4 is 41.8 Å². The Labute approximate surface area is 161 Å². The van der Waals surface area contributed by atoms with Crippen molar-refractivity contribution in [2.75, 3.05) is 6.54 Å². The molecular formula is C17H29Cl2N5O. The minimum Gasteiger partial charge on any atom is -0.348 e. The number of rotatable bonds is 6. The van der Waals surface area contributed by atoms with Crippen molar-refractivity contribution < 1.29 is 4.79 Å². The lowest BCUT2D eigenvalue weighted by atomic mass is 10.0. The van der Waals surface area contributed by atoms with Crippen molar-refractivity contribution in [1.82, 2.24) is 20.1 Å². The van der Waals surface area contributed by atoms with Crippen LogP contribution in [0.4, 0.5) is 0 Å². The SMILES string of the molecule is Cc1cc(C(=O)NC(CN)CC(C)C)c2cnn(C(C)C)c2n1.Cl.Cl. The molecule has 2 heterocycles. The molecule has 142 valence electrons. The smallest absolute Gasteiger partial charge is 0.252 e. The molecule has 25 heavy (non-hydrogen) atoms. The largest absolute Gasteiger partial charge is 0.348 e. The van der Waals surface area contributed by atoms with Crippen molar-refractivity contribution in [3.63, 3.8) is 0 Å². The Morgan fingerprint density at radius 2 is 1.92 bits per heavy atom. The molecule has 0 spiro atoms. The molecule has 0 aliphatic rings. The fourth-order valence-electron chi connectivity index (χ4n) is 2.76. The summed E-state index contributed by atoms with van der Waals surface area (Å²) in [6, 6.07) is 1.98. The lowest BCUT2D eigenvalue weighted by Crippen LogP contribution is -2.41. The maximum Gasteiger partial charge on any atom is 0.252 e. The third-order valence-electron chi connectivity index (χ3n) is 3.80. The van der Waals surface area contributed by atoms with E-state index in [4.69, 9.17) is 5.73 Å². The Bertz CT molecular complexity index is 700. The van der Waals surface area contributed by atoms with Crippen LogP contribution in [-0.2, 0) is 0 Å². The minimum absolute atomic E-state index is 0. The van der Waals surface area contributed by atoms with Gasteiger partial charge in [-0.15, -0.1) is 24.8 Å². The van der Waals surface area contributed by atoms with E-state index in [0.717, 1.165) is 23.1 Å². The van der Waals surface area contributed by atoms with E-state index < -0.39 is 0 Å². The number of amides is 1. The van der Waals surface area contributed by atoms with Gasteiger partial charge in [-0.05, 0) is 39.2 Å². The Balaban J connectivity index is 0.00000288. The number of hydrogen-bond acceptors (Lipinski definition) is 4. The van der Waals surface area contributed by atoms with E-state index >= 15 is 0 Å². The van der Waals surface area contributed by atoms with Gasteiger partial charge in [-0.2, -0.15) is 5.10 Å². The van der Waals surface area contributed by atoms with Gasteiger partial charge in [-0.1, -0.05) is 13.8 Å². The summed E-state index contributed by atoms with van der Waals surface area (Å²) in [5.41, 5.74) is 7.96. The van der Waals surface area contributed by atoms with Crippen LogP contribution in [0.3, 0.4) is 0 Å². The van der Waals surface area contributed by atoms with Crippen molar-refractivity contribution in [3.8, 4) is 0 Å². The monoisotopic (exact) mass is 389 g/mol. The second-order valence-corrected chi connectivity index (χ2v) is 6.77. The highest BCUT2D eigenvalue weighted by Crippen LogP contribution is 2.21. The van der Waals surface area contributed by atoms with E-state index in [-0.39, 0.29) is 42.8 Å². The number of fused-ring (bicyclic) bond motifs is 1. The van der Waals surface area contributed by atoms with Gasteiger partial charge >= 0.3 is 0 Å². The third kappa shape index (κ3) is 5.56. The van der Waals surface area contributed by atoms with Gasteiger partial charge in [0.25, 0.3) is 5.91 Å². The molecule has 0 saturated carbocycles. The summed E-state index contributed by atoms with van der Waals surface area (Å²) in [5.74, 6) is 0.367. The summed E-state index contributed by atoms with van der Waals surface area (Å²) in [7, 11) is 0. The first-order valence-electron chi connectivity index (χ1n) is 8.19. The highest BCUT2D eigenvalue weighted by atomic mass is 35.5. The molecule has 0 bridgehead atoms. The van der Waals surface area contributed by atoms with Gasteiger partial charge in [0.1, 0.15) is 0 Å². The molecule has 1 atom stereocenters. The quantitative estimate of drug-likeness (QED) is 0.793.